The van der Waals surface area contributed by atoms with E-state index in [1.165, 1.54) is 11.0 Å². The first-order chi connectivity index (χ1) is 16.2. The summed E-state index contributed by atoms with van der Waals surface area (Å²) in [6, 6.07) is 18.0. The molecule has 0 unspecified atom stereocenters. The molecule has 0 spiro atoms. The van der Waals surface area contributed by atoms with Crippen molar-refractivity contribution < 1.29 is 18.0 Å². The number of aryl methyl sites for hydroxylation is 1. The number of hydrogen-bond acceptors (Lipinski definition) is 4. The number of hydrogen-bond donors (Lipinski definition) is 1. The predicted octanol–water partition coefficient (Wildman–Crippen LogP) is 3.20. The average molecular weight is 476 g/mol. The van der Waals surface area contributed by atoms with Gasteiger partial charge in [0, 0.05) is 37.1 Å². The molecule has 2 amide bonds. The summed E-state index contributed by atoms with van der Waals surface area (Å²) in [6.07, 6.45) is 0.928. The zero-order valence-corrected chi connectivity index (χ0v) is 19.9. The van der Waals surface area contributed by atoms with Gasteiger partial charge in [0.25, 0.3) is 5.91 Å². The second-order valence-electron chi connectivity index (χ2n) is 8.78. The Morgan fingerprint density at radius 1 is 1.00 bits per heavy atom. The van der Waals surface area contributed by atoms with Crippen LogP contribution < -0.4 is 14.5 Å². The van der Waals surface area contributed by atoms with E-state index in [2.05, 4.69) is 4.72 Å². The number of carbonyl (C=O) groups is 2. The van der Waals surface area contributed by atoms with Crippen molar-refractivity contribution in [1.29, 1.82) is 0 Å². The smallest absolute Gasteiger partial charge is 0.258 e. The highest BCUT2D eigenvalue weighted by molar-refractivity contribution is 7.89. The van der Waals surface area contributed by atoms with Crippen LogP contribution in [0.5, 0.6) is 0 Å². The van der Waals surface area contributed by atoms with Crippen molar-refractivity contribution >= 4 is 33.2 Å². The molecule has 0 radical (unpaired) electrons. The van der Waals surface area contributed by atoms with Gasteiger partial charge in [-0.2, -0.15) is 0 Å². The minimum absolute atomic E-state index is 0.0309. The highest BCUT2D eigenvalue weighted by atomic mass is 32.2. The van der Waals surface area contributed by atoms with Gasteiger partial charge in [-0.05, 0) is 66.4 Å². The molecule has 0 atom stereocenters. The van der Waals surface area contributed by atoms with Gasteiger partial charge in [0.2, 0.25) is 15.9 Å². The maximum Gasteiger partial charge on any atom is 0.258 e. The topological polar surface area (TPSA) is 86.8 Å². The summed E-state index contributed by atoms with van der Waals surface area (Å²) in [6.45, 7) is 2.69. The lowest BCUT2D eigenvalue weighted by Gasteiger charge is -2.18. The maximum atomic E-state index is 13.0. The van der Waals surface area contributed by atoms with Gasteiger partial charge in [0.05, 0.1) is 11.3 Å². The Balaban J connectivity index is 1.30. The molecule has 2 aliphatic heterocycles. The maximum absolute atomic E-state index is 13.0. The van der Waals surface area contributed by atoms with Crippen LogP contribution in [-0.4, -0.2) is 33.8 Å². The van der Waals surface area contributed by atoms with Gasteiger partial charge in [0.1, 0.15) is 0 Å². The van der Waals surface area contributed by atoms with Gasteiger partial charge in [-0.25, -0.2) is 13.1 Å². The third-order valence-electron chi connectivity index (χ3n) is 6.45. The van der Waals surface area contributed by atoms with Crippen molar-refractivity contribution in [2.75, 3.05) is 23.4 Å². The van der Waals surface area contributed by atoms with E-state index in [1.807, 2.05) is 49.4 Å². The molecule has 3 aromatic rings. The summed E-state index contributed by atoms with van der Waals surface area (Å²) < 4.78 is 28.4. The average Bonchev–Trinajstić information content (AvgIpc) is 3.37. The fourth-order valence-electron chi connectivity index (χ4n) is 4.59. The number of nitrogens with zero attached hydrogens (tertiary/aromatic N) is 2. The molecule has 0 fully saturated rings. The molecule has 174 valence electrons. The van der Waals surface area contributed by atoms with Crippen LogP contribution in [0.2, 0.25) is 0 Å². The minimum Gasteiger partial charge on any atom is -0.315 e. The quantitative estimate of drug-likeness (QED) is 0.614. The Morgan fingerprint density at radius 3 is 2.59 bits per heavy atom. The van der Waals surface area contributed by atoms with Crippen molar-refractivity contribution in [2.24, 2.45) is 0 Å². The van der Waals surface area contributed by atoms with Crippen LogP contribution in [0.4, 0.5) is 11.4 Å². The summed E-state index contributed by atoms with van der Waals surface area (Å²) in [5, 5.41) is 0. The van der Waals surface area contributed by atoms with Crippen molar-refractivity contribution in [3.05, 3.63) is 88.5 Å². The van der Waals surface area contributed by atoms with Crippen LogP contribution in [0.3, 0.4) is 0 Å². The first-order valence-corrected chi connectivity index (χ1v) is 12.6. The molecule has 3 aromatic carbocycles. The summed E-state index contributed by atoms with van der Waals surface area (Å²) in [5.41, 5.74) is 5.87. The highest BCUT2D eigenvalue weighted by Gasteiger charge is 2.27. The number of likely N-dealkylation sites (N-methyl/N-ethyl adjacent to an activating group) is 1. The van der Waals surface area contributed by atoms with Crippen molar-refractivity contribution in [3.8, 4) is 0 Å². The first-order valence-electron chi connectivity index (χ1n) is 11.1. The number of nitrogens with one attached hydrogen (secondary N) is 1. The standard InChI is InChI=1S/C26H25N3O4S/c1-17-4-3-5-20(12-17)26(31)29-11-10-19-13-18(6-8-24(19)29)16-27-34(32,33)22-7-9-23-21(14-22)15-25(30)28(23)2/h3-9,12-14,27H,10-11,15-16H2,1-2H3. The van der Waals surface area contributed by atoms with Crippen molar-refractivity contribution in [2.45, 2.75) is 31.2 Å². The molecule has 0 aliphatic carbocycles. The van der Waals surface area contributed by atoms with Crippen LogP contribution in [0.1, 0.15) is 32.6 Å². The largest absolute Gasteiger partial charge is 0.315 e. The zero-order valence-electron chi connectivity index (χ0n) is 19.0. The number of sulfonamides is 1. The molecule has 5 rings (SSSR count). The number of carbonyl (C=O) groups excluding carboxylic acids is 2. The number of benzene rings is 3. The third-order valence-corrected chi connectivity index (χ3v) is 7.85. The number of fused-ring (bicyclic) bond motifs is 2. The molecular formula is C26H25N3O4S. The summed E-state index contributed by atoms with van der Waals surface area (Å²) in [4.78, 5) is 28.3. The molecule has 34 heavy (non-hydrogen) atoms. The highest BCUT2D eigenvalue weighted by Crippen LogP contribution is 2.31. The molecule has 8 heteroatoms. The molecule has 0 bridgehead atoms. The molecule has 7 nitrogen and oxygen atoms in total. The lowest BCUT2D eigenvalue weighted by Crippen LogP contribution is -2.28. The Morgan fingerprint density at radius 2 is 1.79 bits per heavy atom. The number of amides is 2. The van der Waals surface area contributed by atoms with Crippen LogP contribution in [0, 0.1) is 6.92 Å². The Labute approximate surface area is 199 Å². The van der Waals surface area contributed by atoms with Crippen molar-refractivity contribution in [3.63, 3.8) is 0 Å². The van der Waals surface area contributed by atoms with Gasteiger partial charge in [0.15, 0.2) is 0 Å². The van der Waals surface area contributed by atoms with E-state index in [0.717, 1.165) is 34.5 Å². The molecule has 2 heterocycles. The normalized spacial score (nSPS) is 14.9. The van der Waals surface area contributed by atoms with Crippen molar-refractivity contribution in [1.82, 2.24) is 4.72 Å². The minimum atomic E-state index is -3.74. The van der Waals surface area contributed by atoms with E-state index in [-0.39, 0.29) is 29.7 Å². The molecular weight excluding hydrogens is 450 g/mol. The molecule has 0 saturated carbocycles. The lowest BCUT2D eigenvalue weighted by atomic mass is 10.1. The molecule has 2 aliphatic rings. The Kier molecular flexibility index (Phi) is 5.50. The van der Waals surface area contributed by atoms with Gasteiger partial charge in [-0.3, -0.25) is 9.59 Å². The van der Waals surface area contributed by atoms with Gasteiger partial charge >= 0.3 is 0 Å². The number of anilines is 2. The van der Waals surface area contributed by atoms with Gasteiger partial charge in [-0.15, -0.1) is 0 Å². The lowest BCUT2D eigenvalue weighted by molar-refractivity contribution is -0.117. The summed E-state index contributed by atoms with van der Waals surface area (Å²) in [7, 11) is -2.05. The number of rotatable bonds is 5. The SMILES string of the molecule is Cc1cccc(C(=O)N2CCc3cc(CNS(=O)(=O)c4ccc5c(c4)CC(=O)N5C)ccc32)c1. The first kappa shape index (κ1) is 22.3. The van der Waals surface area contributed by atoms with Crippen LogP contribution >= 0.6 is 0 Å². The zero-order chi connectivity index (χ0) is 24.0. The van der Waals surface area contributed by atoms with Gasteiger partial charge in [-0.1, -0.05) is 29.8 Å². The molecule has 0 aromatic heterocycles. The second-order valence-corrected chi connectivity index (χ2v) is 10.6. The van der Waals surface area contributed by atoms with E-state index in [0.29, 0.717) is 17.7 Å². The van der Waals surface area contributed by atoms with Crippen LogP contribution in [0.15, 0.2) is 65.6 Å². The summed E-state index contributed by atoms with van der Waals surface area (Å²) >= 11 is 0. The van der Waals surface area contributed by atoms with E-state index < -0.39 is 10.0 Å². The van der Waals surface area contributed by atoms with Crippen LogP contribution in [-0.2, 0) is 34.2 Å². The van der Waals surface area contributed by atoms with E-state index in [4.69, 9.17) is 0 Å². The summed E-state index contributed by atoms with van der Waals surface area (Å²) in [5.74, 6) is -0.0813. The van der Waals surface area contributed by atoms with E-state index >= 15 is 0 Å². The Bertz CT molecular complexity index is 1430. The van der Waals surface area contributed by atoms with E-state index in [9.17, 15) is 18.0 Å². The fraction of sp³-hybridized carbons (Fsp3) is 0.231. The van der Waals surface area contributed by atoms with E-state index in [1.54, 1.807) is 24.1 Å². The second kappa shape index (κ2) is 8.38. The fourth-order valence-corrected chi connectivity index (χ4v) is 5.65. The molecule has 1 N–H and O–H groups in total. The van der Waals surface area contributed by atoms with Gasteiger partial charge < -0.3 is 9.80 Å². The third kappa shape index (κ3) is 3.99. The predicted molar refractivity (Wildman–Crippen MR) is 131 cm³/mol. The monoisotopic (exact) mass is 475 g/mol. The Hall–Kier alpha value is -3.49. The molecule has 0 saturated heterocycles. The van der Waals surface area contributed by atoms with Crippen LogP contribution in [0.25, 0.3) is 0 Å².